The Kier molecular flexibility index (Phi) is 5.00. The summed E-state index contributed by atoms with van der Waals surface area (Å²) in [4.78, 5) is 16.1. The summed E-state index contributed by atoms with van der Waals surface area (Å²) in [7, 11) is 1.55. The number of amides is 1. The summed E-state index contributed by atoms with van der Waals surface area (Å²) < 4.78 is 32.8. The molecule has 2 aromatic carbocycles. The maximum atomic E-state index is 13.7. The van der Waals surface area contributed by atoms with Crippen LogP contribution in [0.2, 0.25) is 0 Å². The van der Waals surface area contributed by atoms with Crippen LogP contribution in [0, 0.1) is 25.5 Å². The standard InChI is InChI=1S/C21H19F2N3O2/c1-10-4-5-17(28-3)11(2)18(10)15-9-16(26-20(19(15)24)21(25)27)12-6-13(22)8-14(23)7-12/h4-9H,24H2,1-3H3,(H2,25,27). The second-order valence-electron chi connectivity index (χ2n) is 6.42. The lowest BCUT2D eigenvalue weighted by atomic mass is 9.92. The molecule has 0 spiro atoms. The number of aryl methyl sites for hydroxylation is 1. The highest BCUT2D eigenvalue weighted by atomic mass is 19.1. The van der Waals surface area contributed by atoms with E-state index in [2.05, 4.69) is 4.98 Å². The molecule has 144 valence electrons. The lowest BCUT2D eigenvalue weighted by Crippen LogP contribution is -2.17. The Morgan fingerprint density at radius 2 is 1.71 bits per heavy atom. The Morgan fingerprint density at radius 1 is 1.07 bits per heavy atom. The van der Waals surface area contributed by atoms with Crippen LogP contribution in [-0.4, -0.2) is 18.0 Å². The molecule has 1 aromatic heterocycles. The zero-order valence-corrected chi connectivity index (χ0v) is 15.6. The van der Waals surface area contributed by atoms with Gasteiger partial charge in [0, 0.05) is 17.2 Å². The number of hydrogen-bond acceptors (Lipinski definition) is 4. The predicted molar refractivity (Wildman–Crippen MR) is 104 cm³/mol. The molecule has 1 amide bonds. The number of nitrogens with two attached hydrogens (primary N) is 2. The third-order valence-electron chi connectivity index (χ3n) is 4.56. The van der Waals surface area contributed by atoms with E-state index in [1.165, 1.54) is 0 Å². The molecule has 0 aliphatic rings. The summed E-state index contributed by atoms with van der Waals surface area (Å²) in [5.41, 5.74) is 14.8. The zero-order chi connectivity index (χ0) is 20.6. The number of carbonyl (C=O) groups excluding carboxylic acids is 1. The van der Waals surface area contributed by atoms with Crippen LogP contribution in [0.1, 0.15) is 21.6 Å². The molecule has 0 bridgehead atoms. The molecule has 0 aliphatic heterocycles. The van der Waals surface area contributed by atoms with Crippen molar-refractivity contribution < 1.29 is 18.3 Å². The quantitative estimate of drug-likeness (QED) is 0.712. The highest BCUT2D eigenvalue weighted by Gasteiger charge is 2.20. The van der Waals surface area contributed by atoms with E-state index in [1.54, 1.807) is 13.2 Å². The number of halogens is 2. The summed E-state index contributed by atoms with van der Waals surface area (Å²) in [5, 5.41) is 0. The highest BCUT2D eigenvalue weighted by molar-refractivity contribution is 6.01. The second-order valence-corrected chi connectivity index (χ2v) is 6.42. The molecule has 4 N–H and O–H groups in total. The maximum Gasteiger partial charge on any atom is 0.269 e. The topological polar surface area (TPSA) is 91.2 Å². The maximum absolute atomic E-state index is 13.7. The number of aromatic nitrogens is 1. The van der Waals surface area contributed by atoms with E-state index in [0.29, 0.717) is 11.3 Å². The average Bonchev–Trinajstić information content (AvgIpc) is 2.62. The fourth-order valence-electron chi connectivity index (χ4n) is 3.26. The first-order valence-electron chi connectivity index (χ1n) is 8.44. The Hall–Kier alpha value is -3.48. The minimum atomic E-state index is -0.837. The number of primary amides is 1. The molecule has 1 heterocycles. The van der Waals surface area contributed by atoms with Gasteiger partial charge in [-0.1, -0.05) is 6.07 Å². The van der Waals surface area contributed by atoms with Crippen LogP contribution in [0.25, 0.3) is 22.4 Å². The van der Waals surface area contributed by atoms with E-state index in [9.17, 15) is 13.6 Å². The van der Waals surface area contributed by atoms with Crippen molar-refractivity contribution in [1.82, 2.24) is 4.98 Å². The number of methoxy groups -OCH3 is 1. The van der Waals surface area contributed by atoms with Gasteiger partial charge in [0.2, 0.25) is 0 Å². The number of carbonyl (C=O) groups is 1. The van der Waals surface area contributed by atoms with Crippen LogP contribution >= 0.6 is 0 Å². The molecule has 3 rings (SSSR count). The lowest BCUT2D eigenvalue weighted by molar-refractivity contribution is 0.0996. The van der Waals surface area contributed by atoms with Gasteiger partial charge in [-0.05, 0) is 54.8 Å². The van der Waals surface area contributed by atoms with Crippen molar-refractivity contribution in [2.24, 2.45) is 5.73 Å². The van der Waals surface area contributed by atoms with Gasteiger partial charge in [0.05, 0.1) is 18.5 Å². The minimum absolute atomic E-state index is 0.0904. The number of ether oxygens (including phenoxy) is 1. The Morgan fingerprint density at radius 3 is 2.29 bits per heavy atom. The average molecular weight is 383 g/mol. The van der Waals surface area contributed by atoms with Crippen molar-refractivity contribution in [3.05, 3.63) is 64.9 Å². The Labute approximate surface area is 161 Å². The summed E-state index contributed by atoms with van der Waals surface area (Å²) >= 11 is 0. The van der Waals surface area contributed by atoms with Gasteiger partial charge < -0.3 is 16.2 Å². The van der Waals surface area contributed by atoms with E-state index >= 15 is 0 Å². The first-order valence-corrected chi connectivity index (χ1v) is 8.44. The zero-order valence-electron chi connectivity index (χ0n) is 15.6. The second kappa shape index (κ2) is 7.26. The predicted octanol–water partition coefficient (Wildman–Crippen LogP) is 4.00. The van der Waals surface area contributed by atoms with Crippen LogP contribution in [0.5, 0.6) is 5.75 Å². The number of rotatable bonds is 4. The SMILES string of the molecule is COc1ccc(C)c(-c2cc(-c3cc(F)cc(F)c3)nc(C(N)=O)c2N)c1C. The first-order chi connectivity index (χ1) is 13.2. The van der Waals surface area contributed by atoms with Gasteiger partial charge in [0.15, 0.2) is 5.69 Å². The number of benzene rings is 2. The number of nitrogens with zero attached hydrogens (tertiary/aromatic N) is 1. The van der Waals surface area contributed by atoms with Crippen LogP contribution in [-0.2, 0) is 0 Å². The van der Waals surface area contributed by atoms with E-state index in [-0.39, 0.29) is 22.6 Å². The van der Waals surface area contributed by atoms with Crippen molar-refractivity contribution in [2.75, 3.05) is 12.8 Å². The molecule has 0 unspecified atom stereocenters. The molecule has 0 radical (unpaired) electrons. The van der Waals surface area contributed by atoms with Crippen LogP contribution < -0.4 is 16.2 Å². The van der Waals surface area contributed by atoms with E-state index in [0.717, 1.165) is 34.9 Å². The molecule has 0 fully saturated rings. The van der Waals surface area contributed by atoms with Gasteiger partial charge in [-0.15, -0.1) is 0 Å². The number of hydrogen-bond donors (Lipinski definition) is 2. The lowest BCUT2D eigenvalue weighted by Gasteiger charge is -2.18. The highest BCUT2D eigenvalue weighted by Crippen LogP contribution is 2.39. The molecule has 0 saturated heterocycles. The Balaban J connectivity index is 2.37. The van der Waals surface area contributed by atoms with Crippen LogP contribution in [0.3, 0.4) is 0 Å². The number of pyridine rings is 1. The summed E-state index contributed by atoms with van der Waals surface area (Å²) in [6.45, 7) is 3.74. The van der Waals surface area contributed by atoms with E-state index in [1.807, 2.05) is 26.0 Å². The molecule has 7 heteroatoms. The van der Waals surface area contributed by atoms with Gasteiger partial charge in [-0.2, -0.15) is 0 Å². The third kappa shape index (κ3) is 3.38. The Bertz CT molecular complexity index is 1080. The molecular formula is C21H19F2N3O2. The van der Waals surface area contributed by atoms with Crippen molar-refractivity contribution in [3.8, 4) is 28.1 Å². The van der Waals surface area contributed by atoms with Crippen molar-refractivity contribution in [3.63, 3.8) is 0 Å². The van der Waals surface area contributed by atoms with Crippen molar-refractivity contribution in [2.45, 2.75) is 13.8 Å². The van der Waals surface area contributed by atoms with Gasteiger partial charge in [-0.3, -0.25) is 4.79 Å². The monoisotopic (exact) mass is 383 g/mol. The van der Waals surface area contributed by atoms with Crippen LogP contribution in [0.15, 0.2) is 36.4 Å². The molecular weight excluding hydrogens is 364 g/mol. The number of nitrogen functional groups attached to an aromatic ring is 1. The van der Waals surface area contributed by atoms with Gasteiger partial charge >= 0.3 is 0 Å². The largest absolute Gasteiger partial charge is 0.496 e. The summed E-state index contributed by atoms with van der Waals surface area (Å²) in [6.07, 6.45) is 0. The van der Waals surface area contributed by atoms with Gasteiger partial charge in [0.1, 0.15) is 17.4 Å². The summed E-state index contributed by atoms with van der Waals surface area (Å²) in [5.74, 6) is -1.72. The normalized spacial score (nSPS) is 10.8. The van der Waals surface area contributed by atoms with Gasteiger partial charge in [-0.25, -0.2) is 13.8 Å². The number of anilines is 1. The molecule has 0 saturated carbocycles. The third-order valence-corrected chi connectivity index (χ3v) is 4.56. The minimum Gasteiger partial charge on any atom is -0.496 e. The van der Waals surface area contributed by atoms with E-state index < -0.39 is 17.5 Å². The fourth-order valence-corrected chi connectivity index (χ4v) is 3.26. The molecule has 5 nitrogen and oxygen atoms in total. The summed E-state index contributed by atoms with van der Waals surface area (Å²) in [6, 6.07) is 8.27. The van der Waals surface area contributed by atoms with Crippen molar-refractivity contribution >= 4 is 11.6 Å². The van der Waals surface area contributed by atoms with Gasteiger partial charge in [0.25, 0.3) is 5.91 Å². The first kappa shape index (κ1) is 19.3. The van der Waals surface area contributed by atoms with Crippen molar-refractivity contribution in [1.29, 1.82) is 0 Å². The fraction of sp³-hybridized carbons (Fsp3) is 0.143. The van der Waals surface area contributed by atoms with E-state index in [4.69, 9.17) is 16.2 Å². The smallest absolute Gasteiger partial charge is 0.269 e. The molecule has 0 atom stereocenters. The van der Waals surface area contributed by atoms with Crippen LogP contribution in [0.4, 0.5) is 14.5 Å². The molecule has 28 heavy (non-hydrogen) atoms. The molecule has 0 aliphatic carbocycles. The molecule has 3 aromatic rings.